The van der Waals surface area contributed by atoms with Crippen molar-refractivity contribution in [3.8, 4) is 16.9 Å². The Labute approximate surface area is 118 Å². The summed E-state index contributed by atoms with van der Waals surface area (Å²) in [7, 11) is 0. The standard InChI is InChI=1S/C15H9ClFNO2/c16-14-5-8(17)1-3-11(14)13-7-18-15(20)12-6-9(19)2-4-10(12)13/h1-7,19H,(H,18,20). The van der Waals surface area contributed by atoms with Crippen LogP contribution < -0.4 is 5.56 Å². The molecule has 0 fully saturated rings. The Kier molecular flexibility index (Phi) is 2.95. The van der Waals surface area contributed by atoms with Gasteiger partial charge in [-0.2, -0.15) is 0 Å². The zero-order chi connectivity index (χ0) is 14.3. The van der Waals surface area contributed by atoms with Gasteiger partial charge >= 0.3 is 0 Å². The molecule has 0 aliphatic carbocycles. The quantitative estimate of drug-likeness (QED) is 0.718. The van der Waals surface area contributed by atoms with Crippen molar-refractivity contribution in [3.63, 3.8) is 0 Å². The fourth-order valence-corrected chi connectivity index (χ4v) is 2.45. The van der Waals surface area contributed by atoms with Gasteiger partial charge in [-0.25, -0.2) is 4.39 Å². The van der Waals surface area contributed by atoms with Gasteiger partial charge in [-0.15, -0.1) is 0 Å². The Hall–Kier alpha value is -2.33. The van der Waals surface area contributed by atoms with E-state index in [9.17, 15) is 14.3 Å². The van der Waals surface area contributed by atoms with Crippen LogP contribution in [-0.2, 0) is 0 Å². The van der Waals surface area contributed by atoms with Crippen LogP contribution in [0.2, 0.25) is 5.02 Å². The third-order valence-electron chi connectivity index (χ3n) is 3.11. The van der Waals surface area contributed by atoms with E-state index in [0.717, 1.165) is 0 Å². The first kappa shape index (κ1) is 12.7. The zero-order valence-corrected chi connectivity index (χ0v) is 10.9. The van der Waals surface area contributed by atoms with Crippen molar-refractivity contribution in [2.45, 2.75) is 0 Å². The summed E-state index contributed by atoms with van der Waals surface area (Å²) in [6, 6.07) is 8.58. The molecule has 3 aromatic rings. The number of aromatic amines is 1. The number of aromatic nitrogens is 1. The lowest BCUT2D eigenvalue weighted by Gasteiger charge is -2.08. The average Bonchev–Trinajstić information content (AvgIpc) is 2.41. The van der Waals surface area contributed by atoms with Crippen LogP contribution in [-0.4, -0.2) is 10.1 Å². The summed E-state index contributed by atoms with van der Waals surface area (Å²) in [5.41, 5.74) is 0.975. The minimum absolute atomic E-state index is 0.00496. The highest BCUT2D eigenvalue weighted by atomic mass is 35.5. The molecule has 20 heavy (non-hydrogen) atoms. The third kappa shape index (κ3) is 2.04. The lowest BCUT2D eigenvalue weighted by molar-refractivity contribution is 0.476. The molecule has 0 aliphatic rings. The Bertz CT molecular complexity index is 873. The highest BCUT2D eigenvalue weighted by Gasteiger charge is 2.11. The Morgan fingerprint density at radius 1 is 1.05 bits per heavy atom. The van der Waals surface area contributed by atoms with Crippen molar-refractivity contribution in [1.82, 2.24) is 4.98 Å². The molecule has 2 N–H and O–H groups in total. The molecule has 0 unspecified atom stereocenters. The maximum atomic E-state index is 13.1. The summed E-state index contributed by atoms with van der Waals surface area (Å²) >= 11 is 6.05. The Balaban J connectivity index is 2.37. The number of benzene rings is 2. The second-order valence-electron chi connectivity index (χ2n) is 4.39. The van der Waals surface area contributed by atoms with Gasteiger partial charge in [0.25, 0.3) is 5.56 Å². The number of nitrogens with one attached hydrogen (secondary N) is 1. The van der Waals surface area contributed by atoms with E-state index in [4.69, 9.17) is 11.6 Å². The number of pyridine rings is 1. The highest BCUT2D eigenvalue weighted by molar-refractivity contribution is 6.33. The molecule has 0 bridgehead atoms. The number of phenols is 1. The maximum Gasteiger partial charge on any atom is 0.255 e. The first-order valence-corrected chi connectivity index (χ1v) is 6.24. The van der Waals surface area contributed by atoms with Gasteiger partial charge in [0.05, 0.1) is 10.4 Å². The molecule has 3 nitrogen and oxygen atoms in total. The summed E-state index contributed by atoms with van der Waals surface area (Å²) in [5.74, 6) is -0.421. The molecule has 5 heteroatoms. The van der Waals surface area contributed by atoms with Gasteiger partial charge in [-0.3, -0.25) is 4.79 Å². The predicted molar refractivity (Wildman–Crippen MR) is 76.6 cm³/mol. The molecule has 0 amide bonds. The molecule has 1 aromatic heterocycles. The van der Waals surface area contributed by atoms with Crippen LogP contribution in [0, 0.1) is 5.82 Å². The molecule has 0 atom stereocenters. The number of H-pyrrole nitrogens is 1. The van der Waals surface area contributed by atoms with E-state index in [-0.39, 0.29) is 16.3 Å². The van der Waals surface area contributed by atoms with Gasteiger partial charge in [0.2, 0.25) is 0 Å². The van der Waals surface area contributed by atoms with Gasteiger partial charge in [0.15, 0.2) is 0 Å². The van der Waals surface area contributed by atoms with Gasteiger partial charge in [-0.1, -0.05) is 11.6 Å². The molecule has 0 radical (unpaired) electrons. The minimum atomic E-state index is -0.426. The summed E-state index contributed by atoms with van der Waals surface area (Å²) in [5, 5.41) is 10.7. The van der Waals surface area contributed by atoms with Crippen LogP contribution in [0.5, 0.6) is 5.75 Å². The highest BCUT2D eigenvalue weighted by Crippen LogP contribution is 2.33. The van der Waals surface area contributed by atoms with Crippen LogP contribution in [0.4, 0.5) is 4.39 Å². The van der Waals surface area contributed by atoms with Gasteiger partial charge in [-0.05, 0) is 41.8 Å². The van der Waals surface area contributed by atoms with E-state index in [0.29, 0.717) is 21.9 Å². The van der Waals surface area contributed by atoms with Crippen LogP contribution in [0.25, 0.3) is 21.9 Å². The van der Waals surface area contributed by atoms with Crippen LogP contribution >= 0.6 is 11.6 Å². The first-order valence-electron chi connectivity index (χ1n) is 5.86. The molecular formula is C15H9ClFNO2. The Morgan fingerprint density at radius 3 is 2.60 bits per heavy atom. The Morgan fingerprint density at radius 2 is 1.85 bits per heavy atom. The van der Waals surface area contributed by atoms with E-state index in [1.807, 2.05) is 0 Å². The number of halogens is 2. The van der Waals surface area contributed by atoms with Gasteiger partial charge in [0.1, 0.15) is 11.6 Å². The van der Waals surface area contributed by atoms with Gasteiger partial charge < -0.3 is 10.1 Å². The smallest absolute Gasteiger partial charge is 0.255 e. The lowest BCUT2D eigenvalue weighted by atomic mass is 10.0. The number of phenolic OH excluding ortho intramolecular Hbond substituents is 1. The molecule has 2 aromatic carbocycles. The molecule has 1 heterocycles. The second-order valence-corrected chi connectivity index (χ2v) is 4.79. The number of fused-ring (bicyclic) bond motifs is 1. The fraction of sp³-hybridized carbons (Fsp3) is 0. The minimum Gasteiger partial charge on any atom is -0.508 e. The van der Waals surface area contributed by atoms with Crippen LogP contribution in [0.3, 0.4) is 0 Å². The van der Waals surface area contributed by atoms with E-state index in [2.05, 4.69) is 4.98 Å². The van der Waals surface area contributed by atoms with E-state index in [1.165, 1.54) is 30.5 Å². The zero-order valence-electron chi connectivity index (χ0n) is 10.2. The van der Waals surface area contributed by atoms with Crippen molar-refractivity contribution in [2.24, 2.45) is 0 Å². The predicted octanol–water partition coefficient (Wildman–Crippen LogP) is 3.69. The van der Waals surface area contributed by atoms with Crippen molar-refractivity contribution in [2.75, 3.05) is 0 Å². The third-order valence-corrected chi connectivity index (χ3v) is 3.42. The monoisotopic (exact) mass is 289 g/mol. The van der Waals surface area contributed by atoms with Crippen molar-refractivity contribution < 1.29 is 9.50 Å². The second kappa shape index (κ2) is 4.65. The molecule has 0 saturated carbocycles. The van der Waals surface area contributed by atoms with Crippen LogP contribution in [0.1, 0.15) is 0 Å². The summed E-state index contributed by atoms with van der Waals surface area (Å²) in [4.78, 5) is 14.4. The summed E-state index contributed by atoms with van der Waals surface area (Å²) < 4.78 is 13.1. The lowest BCUT2D eigenvalue weighted by Crippen LogP contribution is -2.05. The molecule has 0 aliphatic heterocycles. The first-order chi connectivity index (χ1) is 9.56. The molecular weight excluding hydrogens is 281 g/mol. The van der Waals surface area contributed by atoms with Gasteiger partial charge in [0, 0.05) is 17.3 Å². The van der Waals surface area contributed by atoms with Crippen LogP contribution in [0.15, 0.2) is 47.4 Å². The summed E-state index contributed by atoms with van der Waals surface area (Å²) in [6.07, 6.45) is 1.53. The normalized spacial score (nSPS) is 10.9. The topological polar surface area (TPSA) is 53.1 Å². The van der Waals surface area contributed by atoms with Crippen molar-refractivity contribution in [3.05, 3.63) is 63.8 Å². The van der Waals surface area contributed by atoms with Crippen molar-refractivity contribution >= 4 is 22.4 Å². The number of hydrogen-bond donors (Lipinski definition) is 2. The number of rotatable bonds is 1. The van der Waals surface area contributed by atoms with E-state index < -0.39 is 5.82 Å². The fourth-order valence-electron chi connectivity index (χ4n) is 2.18. The number of aromatic hydroxyl groups is 1. The largest absolute Gasteiger partial charge is 0.508 e. The molecule has 100 valence electrons. The summed E-state index contributed by atoms with van der Waals surface area (Å²) in [6.45, 7) is 0. The number of hydrogen-bond acceptors (Lipinski definition) is 2. The SMILES string of the molecule is O=c1[nH]cc(-c2ccc(F)cc2Cl)c2ccc(O)cc12. The average molecular weight is 290 g/mol. The van der Waals surface area contributed by atoms with E-state index >= 15 is 0 Å². The molecule has 3 rings (SSSR count). The maximum absolute atomic E-state index is 13.1. The molecule has 0 spiro atoms. The molecule has 0 saturated heterocycles. The van der Waals surface area contributed by atoms with E-state index in [1.54, 1.807) is 12.1 Å². The van der Waals surface area contributed by atoms with Crippen molar-refractivity contribution in [1.29, 1.82) is 0 Å².